The molecule has 0 unspecified atom stereocenters. The van der Waals surface area contributed by atoms with Crippen LogP contribution in [-0.2, 0) is 4.79 Å². The first-order chi connectivity index (χ1) is 7.62. The summed E-state index contributed by atoms with van der Waals surface area (Å²) in [6.45, 7) is 0. The minimum Gasteiger partial charge on any atom is -0.481 e. The minimum atomic E-state index is -0.776. The molecule has 1 saturated carbocycles. The van der Waals surface area contributed by atoms with Crippen LogP contribution in [0, 0.1) is 5.41 Å². The van der Waals surface area contributed by atoms with Gasteiger partial charge in [0, 0.05) is 6.04 Å². The summed E-state index contributed by atoms with van der Waals surface area (Å²) in [5.41, 5.74) is 5.94. The molecule has 1 aromatic rings. The average Bonchev–Trinajstić information content (AvgIpc) is 2.23. The normalized spacial score (nSPS) is 28.9. The lowest BCUT2D eigenvalue weighted by atomic mass is 9.65. The van der Waals surface area contributed by atoms with Crippen molar-refractivity contribution in [3.8, 4) is 0 Å². The van der Waals surface area contributed by atoms with Gasteiger partial charge in [-0.3, -0.25) is 4.79 Å². The predicted molar refractivity (Wildman–Crippen MR) is 62.8 cm³/mol. The van der Waals surface area contributed by atoms with Crippen LogP contribution in [-0.4, -0.2) is 17.1 Å². The number of nitrogens with two attached hydrogens (primary N) is 1. The number of hydrogen-bond donors (Lipinski definition) is 2. The largest absolute Gasteiger partial charge is 0.481 e. The molecule has 0 aromatic heterocycles. The van der Waals surface area contributed by atoms with Gasteiger partial charge < -0.3 is 10.8 Å². The number of carbonyl (C=O) groups is 1. The molecule has 1 aliphatic rings. The van der Waals surface area contributed by atoms with Gasteiger partial charge in [0.25, 0.3) is 0 Å². The molecule has 3 nitrogen and oxygen atoms in total. The topological polar surface area (TPSA) is 63.3 Å². The molecule has 0 radical (unpaired) electrons. The Hall–Kier alpha value is -1.61. The van der Waals surface area contributed by atoms with Crippen LogP contribution in [0.5, 0.6) is 0 Å². The molecule has 3 N–H and O–H groups in total. The molecule has 84 valence electrons. The van der Waals surface area contributed by atoms with Crippen LogP contribution in [0.1, 0.15) is 18.4 Å². The third kappa shape index (κ3) is 1.99. The van der Waals surface area contributed by atoms with E-state index in [1.165, 1.54) is 0 Å². The van der Waals surface area contributed by atoms with Gasteiger partial charge in [-0.15, -0.1) is 0 Å². The van der Waals surface area contributed by atoms with E-state index < -0.39 is 11.4 Å². The quantitative estimate of drug-likeness (QED) is 0.812. The zero-order valence-corrected chi connectivity index (χ0v) is 8.97. The summed E-state index contributed by atoms with van der Waals surface area (Å²) in [6.07, 6.45) is 4.70. The number of carboxylic acid groups (broad SMARTS) is 1. The molecular formula is C13H15NO2. The van der Waals surface area contributed by atoms with E-state index in [1.54, 1.807) is 6.08 Å². The molecule has 0 heterocycles. The van der Waals surface area contributed by atoms with Crippen molar-refractivity contribution in [2.45, 2.75) is 18.9 Å². The molecule has 1 aromatic carbocycles. The molecule has 3 heteroatoms. The molecule has 2 rings (SSSR count). The van der Waals surface area contributed by atoms with E-state index in [-0.39, 0.29) is 6.04 Å². The van der Waals surface area contributed by atoms with Crippen LogP contribution in [0.2, 0.25) is 0 Å². The Bertz CT molecular complexity index is 405. The smallest absolute Gasteiger partial charge is 0.313 e. The van der Waals surface area contributed by atoms with Crippen molar-refractivity contribution in [3.63, 3.8) is 0 Å². The molecule has 0 aliphatic heterocycles. The number of carboxylic acids is 1. The molecule has 0 atom stereocenters. The summed E-state index contributed by atoms with van der Waals surface area (Å²) in [5.74, 6) is -0.776. The number of rotatable bonds is 3. The highest BCUT2D eigenvalue weighted by Gasteiger charge is 2.46. The van der Waals surface area contributed by atoms with E-state index in [0.717, 1.165) is 5.56 Å². The minimum absolute atomic E-state index is 0.0246. The molecule has 16 heavy (non-hydrogen) atoms. The summed E-state index contributed by atoms with van der Waals surface area (Å²) in [5, 5.41) is 9.17. The van der Waals surface area contributed by atoms with Gasteiger partial charge in [0.05, 0.1) is 5.41 Å². The Morgan fingerprint density at radius 3 is 2.50 bits per heavy atom. The predicted octanol–water partition coefficient (Wildman–Crippen LogP) is 1.89. The maximum Gasteiger partial charge on any atom is 0.313 e. The second-order valence-electron chi connectivity index (χ2n) is 4.37. The van der Waals surface area contributed by atoms with Gasteiger partial charge in [-0.25, -0.2) is 0 Å². The molecule has 0 amide bonds. The van der Waals surface area contributed by atoms with Gasteiger partial charge in [-0.2, -0.15) is 0 Å². The Kier molecular flexibility index (Phi) is 2.79. The van der Waals surface area contributed by atoms with Crippen molar-refractivity contribution in [3.05, 3.63) is 42.0 Å². The second-order valence-corrected chi connectivity index (χ2v) is 4.37. The number of hydrogen-bond acceptors (Lipinski definition) is 2. The average molecular weight is 217 g/mol. The van der Waals surface area contributed by atoms with Gasteiger partial charge in [-0.05, 0) is 18.4 Å². The maximum atomic E-state index is 11.2. The SMILES string of the molecule is NC1CC(/C=C/c2ccccc2)(C(=O)O)C1. The van der Waals surface area contributed by atoms with E-state index in [1.807, 2.05) is 36.4 Å². The molecule has 0 bridgehead atoms. The fourth-order valence-corrected chi connectivity index (χ4v) is 2.08. The highest BCUT2D eigenvalue weighted by Crippen LogP contribution is 2.42. The van der Waals surface area contributed by atoms with E-state index in [2.05, 4.69) is 0 Å². The Morgan fingerprint density at radius 1 is 1.38 bits per heavy atom. The Morgan fingerprint density at radius 2 is 2.00 bits per heavy atom. The van der Waals surface area contributed by atoms with Gasteiger partial charge in [0.1, 0.15) is 0 Å². The first-order valence-electron chi connectivity index (χ1n) is 5.36. The molecule has 1 aliphatic carbocycles. The zero-order chi connectivity index (χ0) is 11.6. The van der Waals surface area contributed by atoms with Crippen LogP contribution in [0.4, 0.5) is 0 Å². The van der Waals surface area contributed by atoms with Gasteiger partial charge in [0.15, 0.2) is 0 Å². The fourth-order valence-electron chi connectivity index (χ4n) is 2.08. The lowest BCUT2D eigenvalue weighted by molar-refractivity contribution is -0.151. The van der Waals surface area contributed by atoms with Crippen molar-refractivity contribution in [2.24, 2.45) is 11.1 Å². The second kappa shape index (κ2) is 4.10. The number of aliphatic carboxylic acids is 1. The Labute approximate surface area is 94.6 Å². The highest BCUT2D eigenvalue weighted by molar-refractivity contribution is 5.80. The van der Waals surface area contributed by atoms with Crippen LogP contribution >= 0.6 is 0 Å². The van der Waals surface area contributed by atoms with E-state index in [9.17, 15) is 9.90 Å². The first-order valence-corrected chi connectivity index (χ1v) is 5.36. The van der Waals surface area contributed by atoms with E-state index >= 15 is 0 Å². The van der Waals surface area contributed by atoms with Crippen molar-refractivity contribution < 1.29 is 9.90 Å². The molecule has 0 saturated heterocycles. The zero-order valence-electron chi connectivity index (χ0n) is 8.97. The summed E-state index contributed by atoms with van der Waals surface area (Å²) in [6, 6.07) is 9.72. The van der Waals surface area contributed by atoms with Crippen LogP contribution in [0.25, 0.3) is 6.08 Å². The van der Waals surface area contributed by atoms with E-state index in [4.69, 9.17) is 5.73 Å². The third-order valence-electron chi connectivity index (χ3n) is 3.07. The lowest BCUT2D eigenvalue weighted by Gasteiger charge is -2.40. The highest BCUT2D eigenvalue weighted by atomic mass is 16.4. The van der Waals surface area contributed by atoms with Crippen LogP contribution < -0.4 is 5.73 Å². The third-order valence-corrected chi connectivity index (χ3v) is 3.07. The lowest BCUT2D eigenvalue weighted by Crippen LogP contribution is -2.49. The van der Waals surface area contributed by atoms with Gasteiger partial charge in [-0.1, -0.05) is 42.5 Å². The van der Waals surface area contributed by atoms with Gasteiger partial charge >= 0.3 is 5.97 Å². The maximum absolute atomic E-state index is 11.2. The molecule has 1 fully saturated rings. The summed E-state index contributed by atoms with van der Waals surface area (Å²) < 4.78 is 0. The summed E-state index contributed by atoms with van der Waals surface area (Å²) in [4.78, 5) is 11.2. The van der Waals surface area contributed by atoms with Gasteiger partial charge in [0.2, 0.25) is 0 Å². The van der Waals surface area contributed by atoms with Crippen LogP contribution in [0.15, 0.2) is 36.4 Å². The molecular weight excluding hydrogens is 202 g/mol. The van der Waals surface area contributed by atoms with Crippen molar-refractivity contribution in [2.75, 3.05) is 0 Å². The summed E-state index contributed by atoms with van der Waals surface area (Å²) >= 11 is 0. The number of benzene rings is 1. The van der Waals surface area contributed by atoms with Crippen LogP contribution in [0.3, 0.4) is 0 Å². The van der Waals surface area contributed by atoms with E-state index in [0.29, 0.717) is 12.8 Å². The molecule has 0 spiro atoms. The van der Waals surface area contributed by atoms with Crippen molar-refractivity contribution >= 4 is 12.0 Å². The van der Waals surface area contributed by atoms with Crippen molar-refractivity contribution in [1.29, 1.82) is 0 Å². The van der Waals surface area contributed by atoms with Crippen molar-refractivity contribution in [1.82, 2.24) is 0 Å². The Balaban J connectivity index is 2.14. The summed E-state index contributed by atoms with van der Waals surface area (Å²) in [7, 11) is 0. The monoisotopic (exact) mass is 217 g/mol. The standard InChI is InChI=1S/C13H15NO2/c14-11-8-13(9-11,12(15)16)7-6-10-4-2-1-3-5-10/h1-7,11H,8-9,14H2,(H,15,16)/b7-6+. The first kappa shape index (κ1) is 10.9. The fraction of sp³-hybridized carbons (Fsp3) is 0.308.